The van der Waals surface area contributed by atoms with Crippen LogP contribution in [0.1, 0.15) is 33.3 Å². The fourth-order valence-corrected chi connectivity index (χ4v) is 1.94. The highest BCUT2D eigenvalue weighted by Crippen LogP contribution is 2.30. The summed E-state index contributed by atoms with van der Waals surface area (Å²) in [5, 5.41) is 10.9. The summed E-state index contributed by atoms with van der Waals surface area (Å²) in [7, 11) is 1.70. The van der Waals surface area contributed by atoms with E-state index in [1.165, 1.54) is 6.07 Å². The number of nitrogens with zero attached hydrogens (tertiary/aromatic N) is 2. The zero-order valence-corrected chi connectivity index (χ0v) is 14.4. The molecule has 0 heterocycles. The fraction of sp³-hybridized carbons (Fsp3) is 0.333. The Morgan fingerprint density at radius 2 is 1.57 bits per heavy atom. The molecule has 23 heavy (non-hydrogen) atoms. The SMILES string of the molecule is CC.CC.CN(Cc1ccccc1)c1cccc(F)c1[N+](=O)[O-]. The van der Waals surface area contributed by atoms with Crippen molar-refractivity contribution in [3.05, 3.63) is 70.0 Å². The number of hydrogen-bond donors (Lipinski definition) is 0. The third kappa shape index (κ3) is 6.06. The van der Waals surface area contributed by atoms with Crippen molar-refractivity contribution in [3.8, 4) is 0 Å². The molecule has 0 atom stereocenters. The summed E-state index contributed by atoms with van der Waals surface area (Å²) < 4.78 is 13.5. The van der Waals surface area contributed by atoms with Crippen LogP contribution in [0.3, 0.4) is 0 Å². The van der Waals surface area contributed by atoms with Crippen LogP contribution in [-0.4, -0.2) is 12.0 Å². The maximum absolute atomic E-state index is 13.5. The highest BCUT2D eigenvalue weighted by Gasteiger charge is 2.22. The van der Waals surface area contributed by atoms with E-state index in [2.05, 4.69) is 0 Å². The Kier molecular flexibility index (Phi) is 10.00. The predicted octanol–water partition coefficient (Wildman–Crippen LogP) is 5.42. The van der Waals surface area contributed by atoms with E-state index >= 15 is 0 Å². The first-order valence-corrected chi connectivity index (χ1v) is 7.77. The average molecular weight is 320 g/mol. The van der Waals surface area contributed by atoms with E-state index in [1.54, 1.807) is 18.0 Å². The molecule has 0 radical (unpaired) electrons. The maximum Gasteiger partial charge on any atom is 0.327 e. The molecule has 2 aromatic carbocycles. The molecule has 0 saturated carbocycles. The van der Waals surface area contributed by atoms with Gasteiger partial charge in [0.1, 0.15) is 5.69 Å². The number of hydrogen-bond acceptors (Lipinski definition) is 3. The number of para-hydroxylation sites is 1. The quantitative estimate of drug-likeness (QED) is 0.558. The number of rotatable bonds is 4. The van der Waals surface area contributed by atoms with Crippen LogP contribution < -0.4 is 4.90 Å². The van der Waals surface area contributed by atoms with Crippen molar-refractivity contribution in [1.82, 2.24) is 0 Å². The molecule has 0 saturated heterocycles. The van der Waals surface area contributed by atoms with Crippen molar-refractivity contribution in [2.45, 2.75) is 34.2 Å². The molecule has 2 rings (SSSR count). The van der Waals surface area contributed by atoms with Gasteiger partial charge in [-0.1, -0.05) is 64.1 Å². The van der Waals surface area contributed by atoms with Crippen LogP contribution in [0, 0.1) is 15.9 Å². The summed E-state index contributed by atoms with van der Waals surface area (Å²) in [5.74, 6) is -0.817. The number of nitro groups is 1. The van der Waals surface area contributed by atoms with Gasteiger partial charge in [-0.05, 0) is 17.7 Å². The minimum Gasteiger partial charge on any atom is -0.365 e. The molecule has 0 aliphatic rings. The Balaban J connectivity index is 0.00000112. The lowest BCUT2D eigenvalue weighted by Gasteiger charge is -2.19. The molecule has 0 aliphatic heterocycles. The zero-order valence-electron chi connectivity index (χ0n) is 14.4. The summed E-state index contributed by atoms with van der Waals surface area (Å²) in [5.41, 5.74) is 0.790. The molecule has 2 aromatic rings. The fourth-order valence-electron chi connectivity index (χ4n) is 1.94. The van der Waals surface area contributed by atoms with E-state index in [9.17, 15) is 14.5 Å². The second kappa shape index (κ2) is 11.2. The van der Waals surface area contributed by atoms with Gasteiger partial charge < -0.3 is 4.90 Å². The van der Waals surface area contributed by atoms with E-state index in [0.29, 0.717) is 6.54 Å². The van der Waals surface area contributed by atoms with Gasteiger partial charge in [-0.15, -0.1) is 0 Å². The van der Waals surface area contributed by atoms with E-state index in [-0.39, 0.29) is 5.69 Å². The highest BCUT2D eigenvalue weighted by atomic mass is 19.1. The van der Waals surface area contributed by atoms with Gasteiger partial charge >= 0.3 is 5.69 Å². The van der Waals surface area contributed by atoms with Crippen LogP contribution >= 0.6 is 0 Å². The first kappa shape index (κ1) is 20.6. The molecule has 0 spiro atoms. The van der Waals surface area contributed by atoms with Gasteiger partial charge in [-0.3, -0.25) is 10.1 Å². The zero-order chi connectivity index (χ0) is 17.8. The van der Waals surface area contributed by atoms with Crippen molar-refractivity contribution in [3.63, 3.8) is 0 Å². The standard InChI is InChI=1S/C14H13FN2O2.2C2H6/c1-16(10-11-6-3-2-4-7-11)13-9-5-8-12(15)14(13)17(18)19;2*1-2/h2-9H,10H2,1H3;2*1-2H3. The van der Waals surface area contributed by atoms with E-state index < -0.39 is 16.4 Å². The molecule has 0 amide bonds. The molecule has 5 heteroatoms. The molecule has 0 unspecified atom stereocenters. The minimum atomic E-state index is -0.817. The van der Waals surface area contributed by atoms with Gasteiger partial charge in [-0.2, -0.15) is 4.39 Å². The van der Waals surface area contributed by atoms with Gasteiger partial charge in [0.15, 0.2) is 0 Å². The second-order valence-corrected chi connectivity index (χ2v) is 4.21. The van der Waals surface area contributed by atoms with Crippen LogP contribution in [0.25, 0.3) is 0 Å². The van der Waals surface area contributed by atoms with Crippen molar-refractivity contribution in [1.29, 1.82) is 0 Å². The predicted molar refractivity (Wildman–Crippen MR) is 94.3 cm³/mol. The second-order valence-electron chi connectivity index (χ2n) is 4.21. The molecule has 0 bridgehead atoms. The van der Waals surface area contributed by atoms with Crippen LogP contribution in [0.5, 0.6) is 0 Å². The third-order valence-corrected chi connectivity index (χ3v) is 2.82. The minimum absolute atomic E-state index is 0.272. The van der Waals surface area contributed by atoms with Gasteiger partial charge in [0.2, 0.25) is 5.82 Å². The van der Waals surface area contributed by atoms with Crippen molar-refractivity contribution >= 4 is 11.4 Å². The van der Waals surface area contributed by atoms with E-state index in [1.807, 2.05) is 58.0 Å². The summed E-state index contributed by atoms with van der Waals surface area (Å²) in [4.78, 5) is 11.9. The van der Waals surface area contributed by atoms with Crippen LogP contribution in [0.2, 0.25) is 0 Å². The Bertz CT molecular complexity index is 589. The van der Waals surface area contributed by atoms with Crippen molar-refractivity contribution in [2.75, 3.05) is 11.9 Å². The van der Waals surface area contributed by atoms with E-state index in [4.69, 9.17) is 0 Å². The van der Waals surface area contributed by atoms with Crippen LogP contribution in [0.4, 0.5) is 15.8 Å². The van der Waals surface area contributed by atoms with Crippen molar-refractivity contribution < 1.29 is 9.31 Å². The smallest absolute Gasteiger partial charge is 0.327 e. The summed E-state index contributed by atoms with van der Waals surface area (Å²) >= 11 is 0. The molecule has 0 N–H and O–H groups in total. The normalized spacial score (nSPS) is 8.96. The summed E-state index contributed by atoms with van der Waals surface area (Å²) in [6.45, 7) is 8.48. The molecule has 0 fully saturated rings. The van der Waals surface area contributed by atoms with Gasteiger partial charge in [0.05, 0.1) is 4.92 Å². The molecule has 4 nitrogen and oxygen atoms in total. The molecule has 0 aromatic heterocycles. The van der Waals surface area contributed by atoms with Crippen molar-refractivity contribution in [2.24, 2.45) is 0 Å². The molecular formula is C18H25FN2O2. The first-order chi connectivity index (χ1) is 11.1. The number of anilines is 1. The number of nitro benzene ring substituents is 1. The molecule has 126 valence electrons. The van der Waals surface area contributed by atoms with Gasteiger partial charge in [-0.25, -0.2) is 0 Å². The summed E-state index contributed by atoms with van der Waals surface area (Å²) in [6, 6.07) is 13.6. The van der Waals surface area contributed by atoms with Gasteiger partial charge in [0, 0.05) is 13.6 Å². The van der Waals surface area contributed by atoms with Crippen LogP contribution in [-0.2, 0) is 6.54 Å². The Morgan fingerprint density at radius 3 is 2.09 bits per heavy atom. The number of halogens is 1. The molecule has 0 aliphatic carbocycles. The third-order valence-electron chi connectivity index (χ3n) is 2.82. The maximum atomic E-state index is 13.5. The monoisotopic (exact) mass is 320 g/mol. The highest BCUT2D eigenvalue weighted by molar-refractivity contribution is 5.63. The van der Waals surface area contributed by atoms with Gasteiger partial charge in [0.25, 0.3) is 0 Å². The molecular weight excluding hydrogens is 295 g/mol. The van der Waals surface area contributed by atoms with Crippen LogP contribution in [0.15, 0.2) is 48.5 Å². The Hall–Kier alpha value is -2.43. The largest absolute Gasteiger partial charge is 0.365 e. The first-order valence-electron chi connectivity index (χ1n) is 7.77. The average Bonchev–Trinajstić information content (AvgIpc) is 2.59. The Labute approximate surface area is 137 Å². The summed E-state index contributed by atoms with van der Waals surface area (Å²) in [6.07, 6.45) is 0. The number of benzene rings is 2. The lowest BCUT2D eigenvalue weighted by atomic mass is 10.2. The lowest BCUT2D eigenvalue weighted by molar-refractivity contribution is -0.386. The topological polar surface area (TPSA) is 46.4 Å². The Morgan fingerprint density at radius 1 is 1.00 bits per heavy atom. The van der Waals surface area contributed by atoms with E-state index in [0.717, 1.165) is 11.6 Å². The lowest BCUT2D eigenvalue weighted by Crippen LogP contribution is -2.18.